The van der Waals surface area contributed by atoms with E-state index in [0.717, 1.165) is 17.5 Å². The van der Waals surface area contributed by atoms with Crippen LogP contribution in [0.15, 0.2) is 69.9 Å². The van der Waals surface area contributed by atoms with E-state index in [9.17, 15) is 12.8 Å². The quantitative estimate of drug-likeness (QED) is 0.380. The summed E-state index contributed by atoms with van der Waals surface area (Å²) in [7, 11) is -3.85. The minimum atomic E-state index is -3.85. The Morgan fingerprint density at radius 1 is 0.926 bits per heavy atom. The number of nitrogens with zero attached hydrogens (tertiary/aromatic N) is 1. The fourth-order valence-corrected chi connectivity index (χ4v) is 6.04. The summed E-state index contributed by atoms with van der Waals surface area (Å²) in [5, 5.41) is 1.39. The van der Waals surface area contributed by atoms with Crippen LogP contribution in [-0.2, 0) is 9.84 Å². The van der Waals surface area contributed by atoms with Gasteiger partial charge >= 0.3 is 0 Å². The molecule has 8 heteroatoms. The smallest absolute Gasteiger partial charge is 0.216 e. The predicted octanol–water partition coefficient (Wildman–Crippen LogP) is 6.24. The van der Waals surface area contributed by atoms with Gasteiger partial charge in [0.15, 0.2) is 0 Å². The second kappa shape index (κ2) is 6.87. The van der Waals surface area contributed by atoms with Crippen LogP contribution in [0.3, 0.4) is 0 Å². The second-order valence-corrected chi connectivity index (χ2v) is 9.75. The Morgan fingerprint density at radius 3 is 2.15 bits per heavy atom. The molecule has 0 fully saturated rings. The Bertz CT molecular complexity index is 1250. The van der Waals surface area contributed by atoms with E-state index < -0.39 is 15.7 Å². The molecule has 0 N–H and O–H groups in total. The van der Waals surface area contributed by atoms with E-state index in [1.54, 1.807) is 24.3 Å². The van der Waals surface area contributed by atoms with Crippen molar-refractivity contribution in [2.24, 2.45) is 0 Å². The van der Waals surface area contributed by atoms with Crippen molar-refractivity contribution in [3.05, 3.63) is 76.7 Å². The summed E-state index contributed by atoms with van der Waals surface area (Å²) < 4.78 is 40.5. The third-order valence-corrected chi connectivity index (χ3v) is 7.89. The zero-order valence-electron chi connectivity index (χ0n) is 13.5. The Morgan fingerprint density at radius 2 is 1.52 bits per heavy atom. The lowest BCUT2D eigenvalue weighted by molar-refractivity contribution is 0.598. The van der Waals surface area contributed by atoms with Crippen LogP contribution in [-0.4, -0.2) is 13.4 Å². The molecular formula is C19H10Cl2FNO2S2. The molecule has 0 aliphatic rings. The summed E-state index contributed by atoms with van der Waals surface area (Å²) in [6.07, 6.45) is 1.07. The zero-order valence-corrected chi connectivity index (χ0v) is 16.6. The Balaban J connectivity index is 2.04. The van der Waals surface area contributed by atoms with Crippen molar-refractivity contribution in [1.29, 1.82) is 0 Å². The molecule has 3 nitrogen and oxygen atoms in total. The molecule has 0 amide bonds. The van der Waals surface area contributed by atoms with Gasteiger partial charge in [-0.1, -0.05) is 35.3 Å². The third kappa shape index (κ3) is 3.34. The van der Waals surface area contributed by atoms with E-state index in [2.05, 4.69) is 4.98 Å². The van der Waals surface area contributed by atoms with Crippen LogP contribution < -0.4 is 0 Å². The van der Waals surface area contributed by atoms with Gasteiger partial charge in [0.2, 0.25) is 9.84 Å². The molecule has 0 saturated heterocycles. The molecule has 2 heterocycles. The number of pyridine rings is 1. The maximum atomic E-state index is 13.8. The topological polar surface area (TPSA) is 47.0 Å². The van der Waals surface area contributed by atoms with Crippen LogP contribution in [0.4, 0.5) is 4.39 Å². The molecule has 4 aromatic rings. The molecule has 27 heavy (non-hydrogen) atoms. The van der Waals surface area contributed by atoms with Gasteiger partial charge in [0.25, 0.3) is 0 Å². The van der Waals surface area contributed by atoms with Gasteiger partial charge < -0.3 is 0 Å². The summed E-state index contributed by atoms with van der Waals surface area (Å²) in [6, 6.07) is 13.9. The molecule has 0 spiro atoms. The maximum absolute atomic E-state index is 13.8. The second-order valence-electron chi connectivity index (χ2n) is 5.74. The minimum Gasteiger partial charge on any atom is -0.242 e. The first-order valence-corrected chi connectivity index (χ1v) is 10.8. The van der Waals surface area contributed by atoms with Crippen molar-refractivity contribution in [1.82, 2.24) is 4.98 Å². The highest BCUT2D eigenvalue weighted by atomic mass is 35.5. The van der Waals surface area contributed by atoms with Crippen LogP contribution in [0, 0.1) is 5.82 Å². The Hall–Kier alpha value is -1.99. The highest BCUT2D eigenvalue weighted by Gasteiger charge is 2.27. The number of aromatic nitrogens is 1. The summed E-state index contributed by atoms with van der Waals surface area (Å²) in [5.74, 6) is -0.536. The number of sulfone groups is 1. The number of hydrogen-bond acceptors (Lipinski definition) is 4. The van der Waals surface area contributed by atoms with Crippen LogP contribution >= 0.6 is 34.5 Å². The predicted molar refractivity (Wildman–Crippen MR) is 107 cm³/mol. The van der Waals surface area contributed by atoms with E-state index in [-0.39, 0.29) is 9.10 Å². The van der Waals surface area contributed by atoms with Crippen molar-refractivity contribution < 1.29 is 12.8 Å². The fraction of sp³-hybridized carbons (Fsp3) is 0. The monoisotopic (exact) mass is 437 g/mol. The molecule has 2 aromatic carbocycles. The number of fused-ring (bicyclic) bond motifs is 1. The Kier molecular flexibility index (Phi) is 4.68. The number of rotatable bonds is 3. The van der Waals surface area contributed by atoms with Crippen molar-refractivity contribution in [3.63, 3.8) is 0 Å². The lowest BCUT2D eigenvalue weighted by Gasteiger charge is -2.07. The number of hydrogen-bond donors (Lipinski definition) is 0. The normalized spacial score (nSPS) is 11.8. The SMILES string of the molecule is O=S(=O)(c1ccc(Cl)cc1)c1sc2ncc(F)cc2c1-c1ccc(Cl)cc1. The molecule has 0 atom stereocenters. The van der Waals surface area contributed by atoms with Crippen LogP contribution in [0.2, 0.25) is 10.0 Å². The van der Waals surface area contributed by atoms with E-state index in [1.807, 2.05) is 0 Å². The molecule has 0 aliphatic carbocycles. The highest BCUT2D eigenvalue weighted by molar-refractivity contribution is 7.93. The molecule has 0 unspecified atom stereocenters. The van der Waals surface area contributed by atoms with Gasteiger partial charge in [0.1, 0.15) is 14.9 Å². The molecule has 2 aromatic heterocycles. The van der Waals surface area contributed by atoms with Crippen molar-refractivity contribution in [2.45, 2.75) is 9.10 Å². The van der Waals surface area contributed by atoms with Crippen LogP contribution in [0.25, 0.3) is 21.3 Å². The Labute approximate surface area is 168 Å². The van der Waals surface area contributed by atoms with Gasteiger partial charge in [0.05, 0.1) is 11.1 Å². The average Bonchev–Trinajstić information content (AvgIpc) is 3.02. The first-order chi connectivity index (χ1) is 12.9. The maximum Gasteiger partial charge on any atom is 0.216 e. The van der Waals surface area contributed by atoms with Gasteiger partial charge in [-0.25, -0.2) is 17.8 Å². The molecule has 0 radical (unpaired) electrons. The van der Waals surface area contributed by atoms with Gasteiger partial charge in [-0.15, -0.1) is 11.3 Å². The van der Waals surface area contributed by atoms with Crippen molar-refractivity contribution in [3.8, 4) is 11.1 Å². The number of thiophene rings is 1. The van der Waals surface area contributed by atoms with E-state index >= 15 is 0 Å². The standard InChI is InChI=1S/C19H10Cl2FNO2S2/c20-12-3-1-11(2-4-12)17-16-9-14(22)10-23-18(16)26-19(17)27(24,25)15-7-5-13(21)6-8-15/h1-10H. The molecule has 0 aliphatic heterocycles. The zero-order chi connectivity index (χ0) is 19.2. The number of benzene rings is 2. The lowest BCUT2D eigenvalue weighted by atomic mass is 10.1. The van der Waals surface area contributed by atoms with Gasteiger partial charge in [-0.2, -0.15) is 0 Å². The molecule has 0 bridgehead atoms. The molecular weight excluding hydrogens is 428 g/mol. The highest BCUT2D eigenvalue weighted by Crippen LogP contribution is 2.43. The molecule has 0 saturated carbocycles. The van der Waals surface area contributed by atoms with E-state index in [0.29, 0.717) is 31.4 Å². The van der Waals surface area contributed by atoms with E-state index in [1.165, 1.54) is 30.3 Å². The first-order valence-electron chi connectivity index (χ1n) is 7.71. The van der Waals surface area contributed by atoms with Crippen molar-refractivity contribution >= 4 is 54.6 Å². The summed E-state index contributed by atoms with van der Waals surface area (Å²) >= 11 is 12.8. The average molecular weight is 438 g/mol. The van der Waals surface area contributed by atoms with Crippen LogP contribution in [0.5, 0.6) is 0 Å². The van der Waals surface area contributed by atoms with Gasteiger partial charge in [0, 0.05) is 21.0 Å². The molecule has 136 valence electrons. The first kappa shape index (κ1) is 18.4. The number of halogens is 3. The van der Waals surface area contributed by atoms with E-state index in [4.69, 9.17) is 23.2 Å². The summed E-state index contributed by atoms with van der Waals surface area (Å²) in [6.45, 7) is 0. The van der Waals surface area contributed by atoms with Crippen molar-refractivity contribution in [2.75, 3.05) is 0 Å². The fourth-order valence-electron chi connectivity index (χ4n) is 2.74. The lowest BCUT2D eigenvalue weighted by Crippen LogP contribution is -2.01. The minimum absolute atomic E-state index is 0.0974. The van der Waals surface area contributed by atoms with Gasteiger partial charge in [-0.05, 0) is 48.0 Å². The third-order valence-electron chi connectivity index (χ3n) is 3.98. The largest absolute Gasteiger partial charge is 0.242 e. The van der Waals surface area contributed by atoms with Crippen LogP contribution in [0.1, 0.15) is 0 Å². The van der Waals surface area contributed by atoms with Gasteiger partial charge in [-0.3, -0.25) is 0 Å². The summed E-state index contributed by atoms with van der Waals surface area (Å²) in [5.41, 5.74) is 1.03. The molecule has 4 rings (SSSR count). The summed E-state index contributed by atoms with van der Waals surface area (Å²) in [4.78, 5) is 4.60.